The minimum Gasteiger partial charge on any atom is -1.00 e. The van der Waals surface area contributed by atoms with Gasteiger partial charge < -0.3 is 23.1 Å². The molecule has 0 radical (unpaired) electrons. The van der Waals surface area contributed by atoms with Crippen LogP contribution in [0, 0.1) is 0 Å². The molecule has 200 valence electrons. The van der Waals surface area contributed by atoms with Gasteiger partial charge >= 0.3 is 41.5 Å². The van der Waals surface area contributed by atoms with Crippen molar-refractivity contribution < 1.29 is 60.4 Å². The van der Waals surface area contributed by atoms with Crippen LogP contribution in [0.5, 0.6) is 0 Å². The van der Waals surface area contributed by atoms with Gasteiger partial charge in [-0.2, -0.15) is 0 Å². The van der Waals surface area contributed by atoms with Crippen molar-refractivity contribution >= 4 is 23.8 Å². The Morgan fingerprint density at radius 1 is 0.829 bits per heavy atom. The van der Waals surface area contributed by atoms with Crippen LogP contribution in [-0.2, 0) is 19.2 Å². The monoisotopic (exact) mass is 511 g/mol. The maximum absolute atomic E-state index is 12.5. The third-order valence-electron chi connectivity index (χ3n) is 5.55. The molecule has 0 aliphatic carbocycles. The molecule has 0 saturated heterocycles. The molecule has 0 aliphatic heterocycles. The smallest absolute Gasteiger partial charge is 1.00 e. The summed E-state index contributed by atoms with van der Waals surface area (Å²) in [6, 6.07) is -2.49. The normalized spacial score (nSPS) is 12.5. The Morgan fingerprint density at radius 3 is 1.89 bits per heavy atom. The van der Waals surface area contributed by atoms with E-state index in [1.54, 1.807) is 0 Å². The summed E-state index contributed by atoms with van der Waals surface area (Å²) in [4.78, 5) is 47.2. The molecule has 0 aliphatic rings. The van der Waals surface area contributed by atoms with Gasteiger partial charge in [0.05, 0.1) is 0 Å². The summed E-state index contributed by atoms with van der Waals surface area (Å²) in [5, 5.41) is 20.1. The van der Waals surface area contributed by atoms with E-state index in [1.807, 2.05) is 0 Å². The van der Waals surface area contributed by atoms with Crippen LogP contribution >= 0.6 is 0 Å². The summed E-state index contributed by atoms with van der Waals surface area (Å²) in [5.74, 6) is -3.62. The van der Waals surface area contributed by atoms with Gasteiger partial charge in [-0.05, 0) is 38.6 Å². The SMILES string of the molecule is CCCCCCCCCCCC(=O)NN(N[C@@H](CCCCN)C(=O)O)[C@@H](CCC(N)=O)C(=O)O.[H-].[Na+]. The number of aliphatic carboxylic acids is 2. The zero-order valence-corrected chi connectivity index (χ0v) is 23.6. The van der Waals surface area contributed by atoms with E-state index in [2.05, 4.69) is 17.8 Å². The number of hydrazine groups is 2. The zero-order chi connectivity index (χ0) is 25.8. The van der Waals surface area contributed by atoms with Gasteiger partial charge in [0.1, 0.15) is 12.1 Å². The second kappa shape index (κ2) is 23.2. The van der Waals surface area contributed by atoms with Crippen LogP contribution in [0.15, 0.2) is 0 Å². The standard InChI is InChI=1S/C23H45N5O6.Na.H/c1-2-3-4-5-6-7-8-9-10-14-21(30)27-28(19(23(33)34)15-16-20(25)29)26-18(22(31)32)13-11-12-17-24;;/h18-19,26H,2-17,24H2,1H3,(H2,25,29)(H,27,30)(H,31,32)(H,33,34);;/q;+1;-1/t18-,19-;;/m0../s1. The van der Waals surface area contributed by atoms with E-state index in [0.29, 0.717) is 25.8 Å². The van der Waals surface area contributed by atoms with Gasteiger partial charge in [-0.3, -0.25) is 24.6 Å². The number of primary amides is 1. The van der Waals surface area contributed by atoms with Crippen LogP contribution in [-0.4, -0.2) is 57.7 Å². The summed E-state index contributed by atoms with van der Waals surface area (Å²) in [6.45, 7) is 2.59. The van der Waals surface area contributed by atoms with Crippen LogP contribution in [0.1, 0.15) is 105 Å². The number of nitrogens with zero attached hydrogens (tertiary/aromatic N) is 1. The molecule has 2 amide bonds. The minimum absolute atomic E-state index is 0. The molecule has 0 rings (SSSR count). The molecule has 0 aromatic carbocycles. The van der Waals surface area contributed by atoms with E-state index in [0.717, 1.165) is 24.4 Å². The van der Waals surface area contributed by atoms with E-state index >= 15 is 0 Å². The second-order valence-corrected chi connectivity index (χ2v) is 8.65. The largest absolute Gasteiger partial charge is 1.00 e. The van der Waals surface area contributed by atoms with Gasteiger partial charge in [0.15, 0.2) is 0 Å². The summed E-state index contributed by atoms with van der Waals surface area (Å²) < 4.78 is 0. The van der Waals surface area contributed by atoms with Gasteiger partial charge in [-0.1, -0.05) is 58.3 Å². The Labute approximate surface area is 232 Å². The van der Waals surface area contributed by atoms with E-state index in [1.165, 1.54) is 32.1 Å². The molecule has 0 spiro atoms. The molecule has 12 heteroatoms. The fourth-order valence-electron chi connectivity index (χ4n) is 3.53. The molecule has 0 aromatic heterocycles. The van der Waals surface area contributed by atoms with Crippen LogP contribution < -0.4 is 51.9 Å². The van der Waals surface area contributed by atoms with Gasteiger partial charge in [0, 0.05) is 12.8 Å². The molecule has 0 heterocycles. The number of carbonyl (C=O) groups is 4. The van der Waals surface area contributed by atoms with E-state index in [9.17, 15) is 29.4 Å². The van der Waals surface area contributed by atoms with E-state index in [4.69, 9.17) is 11.5 Å². The number of nitrogens with one attached hydrogen (secondary N) is 2. The molecular formula is C23H46N5NaO6. The summed E-state index contributed by atoms with van der Waals surface area (Å²) in [5.41, 5.74) is 15.7. The topological polar surface area (TPSA) is 188 Å². The molecule has 0 unspecified atom stereocenters. The van der Waals surface area contributed by atoms with Crippen molar-refractivity contribution in [1.29, 1.82) is 0 Å². The first-order valence-corrected chi connectivity index (χ1v) is 12.5. The number of carboxylic acid groups (broad SMARTS) is 2. The minimum atomic E-state index is -1.36. The third-order valence-corrected chi connectivity index (χ3v) is 5.55. The van der Waals surface area contributed by atoms with Crippen LogP contribution in [0.2, 0.25) is 0 Å². The molecular weight excluding hydrogens is 465 g/mol. The first-order chi connectivity index (χ1) is 16.2. The first-order valence-electron chi connectivity index (χ1n) is 12.5. The third kappa shape index (κ3) is 19.6. The number of carbonyl (C=O) groups excluding carboxylic acids is 2. The number of rotatable bonds is 23. The number of hydrogen-bond donors (Lipinski definition) is 6. The molecule has 2 atom stereocenters. The fraction of sp³-hybridized carbons (Fsp3) is 0.826. The van der Waals surface area contributed by atoms with Crippen molar-refractivity contribution in [1.82, 2.24) is 16.0 Å². The molecule has 0 bridgehead atoms. The van der Waals surface area contributed by atoms with Crippen molar-refractivity contribution in [3.63, 3.8) is 0 Å². The first kappa shape index (κ1) is 35.9. The molecule has 11 nitrogen and oxygen atoms in total. The molecule has 8 N–H and O–H groups in total. The molecule has 0 saturated carbocycles. The predicted molar refractivity (Wildman–Crippen MR) is 130 cm³/mol. The van der Waals surface area contributed by atoms with E-state index in [-0.39, 0.29) is 56.7 Å². The van der Waals surface area contributed by atoms with Crippen LogP contribution in [0.3, 0.4) is 0 Å². The predicted octanol–water partition coefficient (Wildman–Crippen LogP) is -0.837. The quantitative estimate of drug-likeness (QED) is 0.0577. The Balaban J connectivity index is -0.00000544. The number of carboxylic acids is 2. The number of amides is 2. The Morgan fingerprint density at radius 2 is 1.40 bits per heavy atom. The number of unbranched alkanes of at least 4 members (excludes halogenated alkanes) is 9. The van der Waals surface area contributed by atoms with Crippen molar-refractivity contribution in [3.8, 4) is 0 Å². The van der Waals surface area contributed by atoms with Crippen LogP contribution in [0.25, 0.3) is 0 Å². The average Bonchev–Trinajstić information content (AvgIpc) is 2.76. The summed E-state index contributed by atoms with van der Waals surface area (Å²) >= 11 is 0. The number of nitrogens with two attached hydrogens (primary N) is 2. The van der Waals surface area contributed by atoms with Gasteiger partial charge in [-0.15, -0.1) is 5.12 Å². The fourth-order valence-corrected chi connectivity index (χ4v) is 3.53. The van der Waals surface area contributed by atoms with Crippen molar-refractivity contribution in [2.24, 2.45) is 11.5 Å². The van der Waals surface area contributed by atoms with Crippen molar-refractivity contribution in [2.45, 2.75) is 115 Å². The Bertz CT molecular complexity index is 618. The van der Waals surface area contributed by atoms with Crippen LogP contribution in [0.4, 0.5) is 0 Å². The molecule has 0 fully saturated rings. The summed E-state index contributed by atoms with van der Waals surface area (Å²) in [7, 11) is 0. The number of hydrogen-bond acceptors (Lipinski definition) is 7. The molecule has 0 aromatic rings. The Hall–Kier alpha value is -1.24. The van der Waals surface area contributed by atoms with Crippen molar-refractivity contribution in [3.05, 3.63) is 0 Å². The zero-order valence-electron chi connectivity index (χ0n) is 22.6. The average molecular weight is 512 g/mol. The van der Waals surface area contributed by atoms with Gasteiger partial charge in [0.25, 0.3) is 0 Å². The van der Waals surface area contributed by atoms with Gasteiger partial charge in [0.2, 0.25) is 11.8 Å². The molecule has 35 heavy (non-hydrogen) atoms. The van der Waals surface area contributed by atoms with E-state index < -0.39 is 35.8 Å². The maximum atomic E-state index is 12.5. The van der Waals surface area contributed by atoms with Crippen molar-refractivity contribution in [2.75, 3.05) is 6.54 Å². The summed E-state index contributed by atoms with van der Waals surface area (Å²) in [6.07, 6.45) is 10.9. The maximum Gasteiger partial charge on any atom is 1.00 e. The second-order valence-electron chi connectivity index (χ2n) is 8.65. The Kier molecular flexibility index (Phi) is 23.8. The van der Waals surface area contributed by atoms with Gasteiger partial charge in [-0.25, -0.2) is 5.43 Å².